The van der Waals surface area contributed by atoms with E-state index >= 15 is 0 Å². The Bertz CT molecular complexity index is 1100. The van der Waals surface area contributed by atoms with Crippen LogP contribution in [0.25, 0.3) is 0 Å². The second-order valence-corrected chi connectivity index (χ2v) is 14.1. The van der Waals surface area contributed by atoms with Crippen LogP contribution in [0.1, 0.15) is 133 Å². The molecule has 1 N–H and O–H groups in total. The Balaban J connectivity index is 1.83. The van der Waals surface area contributed by atoms with Crippen molar-refractivity contribution >= 4 is 0 Å². The van der Waals surface area contributed by atoms with Crippen molar-refractivity contribution in [3.8, 4) is 0 Å². The number of hydrogen-bond acceptors (Lipinski definition) is 3. The number of rotatable bonds is 5. The summed E-state index contributed by atoms with van der Waals surface area (Å²) in [5.41, 5.74) is 4.86. The van der Waals surface area contributed by atoms with Crippen molar-refractivity contribution in [2.75, 3.05) is 0 Å². The Morgan fingerprint density at radius 2 is 1.71 bits per heavy atom. The van der Waals surface area contributed by atoms with Crippen LogP contribution in [-0.2, 0) is 11.2 Å². The van der Waals surface area contributed by atoms with Gasteiger partial charge >= 0.3 is 6.18 Å². The van der Waals surface area contributed by atoms with Crippen molar-refractivity contribution < 1.29 is 23.0 Å². The van der Waals surface area contributed by atoms with Gasteiger partial charge in [0, 0.05) is 22.7 Å². The van der Waals surface area contributed by atoms with Crippen molar-refractivity contribution in [2.24, 2.45) is 16.7 Å². The van der Waals surface area contributed by atoms with Crippen molar-refractivity contribution in [3.63, 3.8) is 0 Å². The highest BCUT2D eigenvalue weighted by Gasteiger charge is 2.44. The summed E-state index contributed by atoms with van der Waals surface area (Å²) in [5, 5.41) is 11.7. The van der Waals surface area contributed by atoms with Crippen LogP contribution in [0.2, 0.25) is 0 Å². The molecule has 3 aliphatic carbocycles. The number of fused-ring (bicyclic) bond motifs is 1. The van der Waals surface area contributed by atoms with Gasteiger partial charge in [-0.25, -0.2) is 0 Å². The molecule has 3 nitrogen and oxygen atoms in total. The minimum Gasteiger partial charge on any atom is -0.384 e. The first-order chi connectivity index (χ1) is 17.4. The van der Waals surface area contributed by atoms with Crippen LogP contribution in [0.4, 0.5) is 13.2 Å². The third kappa shape index (κ3) is 5.77. The number of halogens is 3. The highest BCUT2D eigenvalue weighted by Crippen LogP contribution is 2.50. The minimum absolute atomic E-state index is 0.0133. The molecule has 1 saturated carbocycles. The first kappa shape index (κ1) is 29.3. The van der Waals surface area contributed by atoms with Crippen LogP contribution in [0.15, 0.2) is 23.8 Å². The summed E-state index contributed by atoms with van der Waals surface area (Å²) >= 11 is 0. The maximum absolute atomic E-state index is 13.3. The summed E-state index contributed by atoms with van der Waals surface area (Å²) in [6.07, 6.45) is 4.58. The zero-order valence-electron chi connectivity index (χ0n) is 24.4. The quantitative estimate of drug-likeness (QED) is 0.411. The molecule has 1 aromatic heterocycles. The third-order valence-electron chi connectivity index (χ3n) is 9.48. The lowest BCUT2D eigenvalue weighted by Crippen LogP contribution is -2.42. The molecule has 0 radical (unpaired) electrons. The fourth-order valence-electron chi connectivity index (χ4n) is 6.25. The average Bonchev–Trinajstić information content (AvgIpc) is 3.30. The molecule has 212 valence electrons. The average molecular weight is 534 g/mol. The number of allylic oxidation sites excluding steroid dienone is 2. The van der Waals surface area contributed by atoms with Gasteiger partial charge in [-0.3, -0.25) is 4.98 Å². The Kier molecular flexibility index (Phi) is 7.77. The number of hydrogen-bond donors (Lipinski definition) is 1. The molecule has 1 fully saturated rings. The number of aliphatic hydroxyl groups excluding tert-OH is 1. The van der Waals surface area contributed by atoms with E-state index in [1.54, 1.807) is 6.08 Å². The molecule has 1 heterocycles. The second-order valence-electron chi connectivity index (χ2n) is 14.1. The molecule has 0 amide bonds. The molecular weight excluding hydrogens is 487 g/mol. The van der Waals surface area contributed by atoms with Gasteiger partial charge in [-0.15, -0.1) is 0 Å². The molecule has 0 saturated heterocycles. The molecule has 0 aliphatic heterocycles. The van der Waals surface area contributed by atoms with Crippen molar-refractivity contribution in [1.82, 2.24) is 4.98 Å². The molecular formula is C32H46F3NO2. The van der Waals surface area contributed by atoms with Gasteiger partial charge in [0.25, 0.3) is 0 Å². The van der Waals surface area contributed by atoms with Crippen LogP contribution in [0.3, 0.4) is 0 Å². The van der Waals surface area contributed by atoms with Gasteiger partial charge in [0.05, 0.1) is 23.3 Å². The van der Waals surface area contributed by atoms with Gasteiger partial charge in [0.15, 0.2) is 0 Å². The smallest absolute Gasteiger partial charge is 0.384 e. The number of pyridine rings is 1. The van der Waals surface area contributed by atoms with Gasteiger partial charge < -0.3 is 9.84 Å². The number of aromatic nitrogens is 1. The van der Waals surface area contributed by atoms with Crippen molar-refractivity contribution in [1.29, 1.82) is 0 Å². The predicted octanol–water partition coefficient (Wildman–Crippen LogP) is 9.00. The topological polar surface area (TPSA) is 42.4 Å². The van der Waals surface area contributed by atoms with Crippen LogP contribution in [0.5, 0.6) is 0 Å². The van der Waals surface area contributed by atoms with E-state index in [2.05, 4.69) is 55.4 Å². The largest absolute Gasteiger partial charge is 0.395 e. The second kappa shape index (κ2) is 10.1. The normalized spacial score (nSPS) is 25.3. The molecule has 3 unspecified atom stereocenters. The zero-order valence-corrected chi connectivity index (χ0v) is 24.4. The highest BCUT2D eigenvalue weighted by molar-refractivity contribution is 5.49. The van der Waals surface area contributed by atoms with Gasteiger partial charge in [0.2, 0.25) is 0 Å². The lowest BCUT2D eigenvalue weighted by molar-refractivity contribution is -0.160. The van der Waals surface area contributed by atoms with E-state index in [-0.39, 0.29) is 29.3 Å². The van der Waals surface area contributed by atoms with E-state index in [1.165, 1.54) is 12.2 Å². The molecule has 6 heteroatoms. The van der Waals surface area contributed by atoms with E-state index in [0.29, 0.717) is 5.57 Å². The molecule has 3 aliphatic rings. The minimum atomic E-state index is -4.28. The molecule has 38 heavy (non-hydrogen) atoms. The van der Waals surface area contributed by atoms with E-state index in [9.17, 15) is 18.3 Å². The van der Waals surface area contributed by atoms with E-state index in [4.69, 9.17) is 9.72 Å². The summed E-state index contributed by atoms with van der Waals surface area (Å²) < 4.78 is 46.7. The van der Waals surface area contributed by atoms with E-state index in [0.717, 1.165) is 66.6 Å². The van der Waals surface area contributed by atoms with Crippen LogP contribution < -0.4 is 0 Å². The van der Waals surface area contributed by atoms with E-state index < -0.39 is 23.8 Å². The first-order valence-corrected chi connectivity index (χ1v) is 14.3. The Hall–Kier alpha value is -1.66. The van der Waals surface area contributed by atoms with Crippen LogP contribution >= 0.6 is 0 Å². The van der Waals surface area contributed by atoms with E-state index in [1.807, 2.05) is 0 Å². The third-order valence-corrected chi connectivity index (χ3v) is 9.48. The van der Waals surface area contributed by atoms with Crippen molar-refractivity contribution in [3.05, 3.63) is 51.9 Å². The zero-order chi connectivity index (χ0) is 28.3. The Morgan fingerprint density at radius 1 is 1.08 bits per heavy atom. The first-order valence-electron chi connectivity index (χ1n) is 14.3. The van der Waals surface area contributed by atoms with Crippen LogP contribution in [0, 0.1) is 23.7 Å². The fraction of sp³-hybridized carbons (Fsp3) is 0.719. The van der Waals surface area contributed by atoms with Gasteiger partial charge in [-0.2, -0.15) is 13.2 Å². The maximum Gasteiger partial charge on any atom is 0.395 e. The van der Waals surface area contributed by atoms with Crippen molar-refractivity contribution in [2.45, 2.75) is 130 Å². The Labute approximate surface area is 227 Å². The van der Waals surface area contributed by atoms with Crippen LogP contribution in [-0.4, -0.2) is 21.9 Å². The standard InChI is InChI=1S/C32H46F3NO2/c1-19-25-23(17-30(5,6)18-24(25)38-31(7,8)29(2,3)4)36-27(20-11-9-10-12-20)26(19)28(37)21-13-15-22(16-14-21)32(33,34)35/h13-15,20,22,24,28,37H,9-12,16-18H2,1-8H3. The molecule has 0 bridgehead atoms. The number of ether oxygens (including phenoxy) is 1. The lowest BCUT2D eigenvalue weighted by Gasteiger charge is -2.46. The monoisotopic (exact) mass is 533 g/mol. The van der Waals surface area contributed by atoms with Gasteiger partial charge in [0.1, 0.15) is 6.10 Å². The van der Waals surface area contributed by atoms with Gasteiger partial charge in [-0.05, 0) is 74.8 Å². The molecule has 1 aromatic rings. The number of nitrogens with zero attached hydrogens (tertiary/aromatic N) is 1. The molecule has 4 rings (SSSR count). The number of aliphatic hydroxyl groups is 1. The predicted molar refractivity (Wildman–Crippen MR) is 146 cm³/mol. The highest BCUT2D eigenvalue weighted by atomic mass is 19.4. The fourth-order valence-corrected chi connectivity index (χ4v) is 6.25. The molecule has 3 atom stereocenters. The summed E-state index contributed by atoms with van der Waals surface area (Å²) in [5.74, 6) is -1.25. The SMILES string of the molecule is Cc1c2c(nc(C3CCCC3)c1C(O)C1=CCC(C(F)(F)F)C=C1)CC(C)(C)CC2OC(C)(C)C(C)(C)C. The Morgan fingerprint density at radius 3 is 2.24 bits per heavy atom. The summed E-state index contributed by atoms with van der Waals surface area (Å²) in [6, 6.07) is 0. The lowest BCUT2D eigenvalue weighted by atomic mass is 9.71. The maximum atomic E-state index is 13.3. The summed E-state index contributed by atoms with van der Waals surface area (Å²) in [6.45, 7) is 17.4. The van der Waals surface area contributed by atoms with Gasteiger partial charge in [-0.1, -0.05) is 65.7 Å². The molecule has 0 aromatic carbocycles. The summed E-state index contributed by atoms with van der Waals surface area (Å²) in [4.78, 5) is 5.29. The summed E-state index contributed by atoms with van der Waals surface area (Å²) in [7, 11) is 0. The molecule has 0 spiro atoms. The number of alkyl halides is 3.